The zero-order valence-electron chi connectivity index (χ0n) is 16.2. The van der Waals surface area contributed by atoms with Crippen molar-refractivity contribution < 1.29 is 4.79 Å². The number of nitrogens with zero attached hydrogens (tertiary/aromatic N) is 4. The first-order valence-electron chi connectivity index (χ1n) is 9.92. The first-order chi connectivity index (χ1) is 14.0. The number of para-hydroxylation sites is 1. The Bertz CT molecular complexity index is 1110. The molecule has 29 heavy (non-hydrogen) atoms. The van der Waals surface area contributed by atoms with E-state index < -0.39 is 0 Å². The van der Waals surface area contributed by atoms with Crippen LogP contribution in [0.5, 0.6) is 0 Å². The van der Waals surface area contributed by atoms with Gasteiger partial charge in [-0.3, -0.25) is 9.36 Å². The lowest BCUT2D eigenvalue weighted by molar-refractivity contribution is -0.119. The minimum atomic E-state index is -0.265. The molecule has 0 saturated heterocycles. The van der Waals surface area contributed by atoms with Crippen LogP contribution in [0.15, 0.2) is 41.8 Å². The Hall–Kier alpha value is -2.45. The monoisotopic (exact) mass is 425 g/mol. The van der Waals surface area contributed by atoms with E-state index >= 15 is 0 Å². The van der Waals surface area contributed by atoms with E-state index in [1.54, 1.807) is 11.3 Å². The summed E-state index contributed by atoms with van der Waals surface area (Å²) in [4.78, 5) is 15.4. The molecular formula is C21H23N5OS2. The summed E-state index contributed by atoms with van der Waals surface area (Å²) in [5.41, 5.74) is 7.72. The number of carbonyl (C=O) groups is 1. The van der Waals surface area contributed by atoms with Crippen molar-refractivity contribution in [3.63, 3.8) is 0 Å². The summed E-state index contributed by atoms with van der Waals surface area (Å²) in [5, 5.41) is 6.99. The number of thiophene rings is 1. The van der Waals surface area contributed by atoms with Crippen LogP contribution in [0.4, 0.5) is 5.69 Å². The molecule has 3 heterocycles. The number of rotatable bonds is 5. The molecule has 2 atom stereocenters. The molecule has 1 aliphatic heterocycles. The molecule has 6 nitrogen and oxygen atoms in total. The third kappa shape index (κ3) is 3.20. The van der Waals surface area contributed by atoms with Gasteiger partial charge in [0.15, 0.2) is 10.6 Å². The second-order valence-corrected chi connectivity index (χ2v) is 9.21. The molecule has 3 aromatic rings. The maximum atomic E-state index is 12.0. The van der Waals surface area contributed by atoms with Gasteiger partial charge in [0.1, 0.15) is 6.67 Å². The zero-order chi connectivity index (χ0) is 20.1. The largest absolute Gasteiger partial charge is 0.369 e. The van der Waals surface area contributed by atoms with Gasteiger partial charge in [0.05, 0.1) is 10.8 Å². The number of primary amides is 1. The van der Waals surface area contributed by atoms with E-state index in [0.717, 1.165) is 39.6 Å². The van der Waals surface area contributed by atoms with Gasteiger partial charge in [0, 0.05) is 17.8 Å². The molecule has 8 heteroatoms. The standard InChI is InChI=1S/C21H23N5OS2/c1-13-11-16(19(22)27)15-5-2-3-6-17(15)24(13)12-25-21(28)26(14-8-9-14)20(23-25)18-7-4-10-29-18/h2-7,10,13-14,16H,8-9,11-12H2,1H3,(H2,22,27)/t13-,16-/m0/s1. The molecular weight excluding hydrogens is 402 g/mol. The molecule has 0 radical (unpaired) electrons. The Kier molecular flexibility index (Phi) is 4.55. The van der Waals surface area contributed by atoms with Crippen molar-refractivity contribution >= 4 is 35.1 Å². The van der Waals surface area contributed by atoms with Crippen molar-refractivity contribution in [1.29, 1.82) is 0 Å². The van der Waals surface area contributed by atoms with Gasteiger partial charge in [0.2, 0.25) is 5.91 Å². The lowest BCUT2D eigenvalue weighted by Crippen LogP contribution is -2.42. The second kappa shape index (κ2) is 7.11. The Balaban J connectivity index is 1.55. The maximum absolute atomic E-state index is 12.0. The molecule has 150 valence electrons. The average Bonchev–Trinajstić information content (AvgIpc) is 3.28. The molecule has 1 aromatic carbocycles. The fourth-order valence-electron chi connectivity index (χ4n) is 4.25. The van der Waals surface area contributed by atoms with Gasteiger partial charge >= 0.3 is 0 Å². The van der Waals surface area contributed by atoms with Gasteiger partial charge in [-0.25, -0.2) is 4.68 Å². The van der Waals surface area contributed by atoms with E-state index in [4.69, 9.17) is 23.1 Å². The highest BCUT2D eigenvalue weighted by Crippen LogP contribution is 2.41. The van der Waals surface area contributed by atoms with Gasteiger partial charge in [0.25, 0.3) is 0 Å². The second-order valence-electron chi connectivity index (χ2n) is 7.89. The number of anilines is 1. The predicted molar refractivity (Wildman–Crippen MR) is 118 cm³/mol. The summed E-state index contributed by atoms with van der Waals surface area (Å²) >= 11 is 7.53. The molecule has 2 aromatic heterocycles. The Morgan fingerprint density at radius 3 is 2.76 bits per heavy atom. The van der Waals surface area contributed by atoms with Gasteiger partial charge < -0.3 is 10.6 Å². The van der Waals surface area contributed by atoms with Crippen LogP contribution >= 0.6 is 23.6 Å². The Morgan fingerprint density at radius 1 is 1.28 bits per heavy atom. The summed E-state index contributed by atoms with van der Waals surface area (Å²) in [6.45, 7) is 2.69. The van der Waals surface area contributed by atoms with Crippen molar-refractivity contribution in [2.75, 3.05) is 4.90 Å². The molecule has 1 amide bonds. The fourth-order valence-corrected chi connectivity index (χ4v) is 5.29. The van der Waals surface area contributed by atoms with E-state index in [0.29, 0.717) is 19.1 Å². The Labute approximate surface area is 178 Å². The highest BCUT2D eigenvalue weighted by atomic mass is 32.1. The summed E-state index contributed by atoms with van der Waals surface area (Å²) in [6, 6.07) is 12.8. The maximum Gasteiger partial charge on any atom is 0.225 e. The number of fused-ring (bicyclic) bond motifs is 1. The molecule has 1 aliphatic carbocycles. The molecule has 0 spiro atoms. The predicted octanol–water partition coefficient (Wildman–Crippen LogP) is 4.30. The van der Waals surface area contributed by atoms with Gasteiger partial charge in [-0.1, -0.05) is 24.3 Å². The zero-order valence-corrected chi connectivity index (χ0v) is 17.8. The number of hydrogen-bond acceptors (Lipinski definition) is 5. The molecule has 1 saturated carbocycles. The van der Waals surface area contributed by atoms with Crippen molar-refractivity contribution in [3.8, 4) is 10.7 Å². The minimum Gasteiger partial charge on any atom is -0.369 e. The first kappa shape index (κ1) is 18.6. The number of hydrogen-bond donors (Lipinski definition) is 1. The summed E-state index contributed by atoms with van der Waals surface area (Å²) < 4.78 is 4.91. The molecule has 0 bridgehead atoms. The molecule has 5 rings (SSSR count). The number of benzene rings is 1. The van der Waals surface area contributed by atoms with Crippen LogP contribution in [0.3, 0.4) is 0 Å². The number of nitrogens with two attached hydrogens (primary N) is 1. The van der Waals surface area contributed by atoms with E-state index in [-0.39, 0.29) is 17.9 Å². The van der Waals surface area contributed by atoms with Crippen LogP contribution in [0, 0.1) is 4.77 Å². The summed E-state index contributed by atoms with van der Waals surface area (Å²) in [6.07, 6.45) is 3.00. The average molecular weight is 426 g/mol. The van der Waals surface area contributed by atoms with Gasteiger partial charge in [-0.2, -0.15) is 0 Å². The highest BCUT2D eigenvalue weighted by molar-refractivity contribution is 7.71. The van der Waals surface area contributed by atoms with E-state index in [9.17, 15) is 4.79 Å². The fraction of sp³-hybridized carbons (Fsp3) is 0.381. The van der Waals surface area contributed by atoms with Crippen LogP contribution in [0.25, 0.3) is 10.7 Å². The van der Waals surface area contributed by atoms with E-state index in [1.165, 1.54) is 0 Å². The quantitative estimate of drug-likeness (QED) is 0.619. The number of aromatic nitrogens is 3. The smallest absolute Gasteiger partial charge is 0.225 e. The normalized spacial score (nSPS) is 21.2. The third-order valence-electron chi connectivity index (χ3n) is 5.88. The molecule has 2 aliphatic rings. The number of carbonyl (C=O) groups excluding carboxylic acids is 1. The third-order valence-corrected chi connectivity index (χ3v) is 7.16. The van der Waals surface area contributed by atoms with Crippen LogP contribution in [-0.4, -0.2) is 26.3 Å². The topological polar surface area (TPSA) is 69.1 Å². The van der Waals surface area contributed by atoms with E-state index in [2.05, 4.69) is 33.9 Å². The first-order valence-corrected chi connectivity index (χ1v) is 11.2. The van der Waals surface area contributed by atoms with Gasteiger partial charge in [-0.05, 0) is 61.5 Å². The summed E-state index contributed by atoms with van der Waals surface area (Å²) in [5.74, 6) is 0.440. The lowest BCUT2D eigenvalue weighted by Gasteiger charge is -2.39. The van der Waals surface area contributed by atoms with Crippen LogP contribution < -0.4 is 10.6 Å². The molecule has 1 fully saturated rings. The van der Waals surface area contributed by atoms with Crippen molar-refractivity contribution in [3.05, 3.63) is 52.1 Å². The molecule has 2 N–H and O–H groups in total. The van der Waals surface area contributed by atoms with Crippen molar-refractivity contribution in [2.24, 2.45) is 5.73 Å². The van der Waals surface area contributed by atoms with Crippen LogP contribution in [0.2, 0.25) is 0 Å². The van der Waals surface area contributed by atoms with Gasteiger partial charge in [-0.15, -0.1) is 16.4 Å². The van der Waals surface area contributed by atoms with Crippen molar-refractivity contribution in [1.82, 2.24) is 14.3 Å². The van der Waals surface area contributed by atoms with E-state index in [1.807, 2.05) is 28.9 Å². The lowest BCUT2D eigenvalue weighted by atomic mass is 9.86. The molecule has 0 unspecified atom stereocenters. The Morgan fingerprint density at radius 2 is 2.07 bits per heavy atom. The number of amides is 1. The van der Waals surface area contributed by atoms with Crippen molar-refractivity contribution in [2.45, 2.75) is 50.9 Å². The summed E-state index contributed by atoms with van der Waals surface area (Å²) in [7, 11) is 0. The SMILES string of the molecule is C[C@H]1C[C@H](C(N)=O)c2ccccc2N1Cn1nc(-c2cccs2)n(C2CC2)c1=S. The van der Waals surface area contributed by atoms with Crippen LogP contribution in [0.1, 0.15) is 43.7 Å². The minimum absolute atomic E-state index is 0.153. The van der Waals surface area contributed by atoms with Crippen LogP contribution in [-0.2, 0) is 11.5 Å². The highest BCUT2D eigenvalue weighted by Gasteiger charge is 2.34.